The topological polar surface area (TPSA) is 66.6 Å². The molecular formula is C22H28ClN3O2. The second kappa shape index (κ2) is 10.8. The van der Waals surface area contributed by atoms with Crippen LogP contribution in [-0.2, 0) is 22.4 Å². The molecule has 2 aromatic carbocycles. The van der Waals surface area contributed by atoms with Crippen molar-refractivity contribution in [1.82, 2.24) is 4.90 Å². The molecule has 2 amide bonds. The lowest BCUT2D eigenvalue weighted by atomic mass is 10.1. The molecule has 6 heteroatoms. The highest BCUT2D eigenvalue weighted by atomic mass is 35.5. The van der Waals surface area contributed by atoms with Gasteiger partial charge in [0, 0.05) is 31.7 Å². The fraction of sp³-hybridized carbons (Fsp3) is 0.364. The molecular weight excluding hydrogens is 374 g/mol. The second-order valence-electron chi connectivity index (χ2n) is 6.87. The van der Waals surface area contributed by atoms with Crippen LogP contribution < -0.4 is 10.6 Å². The zero-order chi connectivity index (χ0) is 19.1. The van der Waals surface area contributed by atoms with Gasteiger partial charge in [0.25, 0.3) is 0 Å². The van der Waals surface area contributed by atoms with Crippen LogP contribution in [0.25, 0.3) is 0 Å². The first-order chi connectivity index (χ1) is 13.2. The predicted molar refractivity (Wildman–Crippen MR) is 115 cm³/mol. The molecule has 28 heavy (non-hydrogen) atoms. The molecule has 0 unspecified atom stereocenters. The lowest BCUT2D eigenvalue weighted by Crippen LogP contribution is -2.45. The van der Waals surface area contributed by atoms with Crippen molar-refractivity contribution < 1.29 is 9.59 Å². The number of carbonyl (C=O) groups excluding carboxylic acids is 2. The Bertz CT molecular complexity index is 782. The molecule has 2 N–H and O–H groups in total. The van der Waals surface area contributed by atoms with Crippen molar-refractivity contribution in [2.24, 2.45) is 5.73 Å². The third-order valence-corrected chi connectivity index (χ3v) is 4.98. The van der Waals surface area contributed by atoms with Crippen molar-refractivity contribution >= 4 is 29.9 Å². The van der Waals surface area contributed by atoms with Crippen molar-refractivity contribution in [3.8, 4) is 0 Å². The highest BCUT2D eigenvalue weighted by molar-refractivity contribution is 5.99. The minimum Gasteiger partial charge on any atom is -0.340 e. The van der Waals surface area contributed by atoms with Crippen LogP contribution in [0.15, 0.2) is 54.6 Å². The molecule has 0 fully saturated rings. The highest BCUT2D eigenvalue weighted by Gasteiger charge is 2.25. The number of hydrogen-bond acceptors (Lipinski definition) is 3. The summed E-state index contributed by atoms with van der Waals surface area (Å²) in [6.45, 7) is 1.58. The number of halogens is 1. The molecule has 3 rings (SSSR count). The Kier molecular flexibility index (Phi) is 8.48. The Labute approximate surface area is 172 Å². The summed E-state index contributed by atoms with van der Waals surface area (Å²) in [6, 6.07) is 18.0. The van der Waals surface area contributed by atoms with Crippen molar-refractivity contribution in [3.63, 3.8) is 0 Å². The van der Waals surface area contributed by atoms with E-state index in [2.05, 4.69) is 12.1 Å². The summed E-state index contributed by atoms with van der Waals surface area (Å²) in [5.41, 5.74) is 8.90. The number of aryl methyl sites for hydroxylation is 1. The summed E-state index contributed by atoms with van der Waals surface area (Å²) in [7, 11) is 0. The van der Waals surface area contributed by atoms with Crippen LogP contribution in [0, 0.1) is 0 Å². The van der Waals surface area contributed by atoms with Gasteiger partial charge in [0.05, 0.1) is 0 Å². The summed E-state index contributed by atoms with van der Waals surface area (Å²) >= 11 is 0. The second-order valence-corrected chi connectivity index (χ2v) is 6.87. The number of carbonyl (C=O) groups is 2. The lowest BCUT2D eigenvalue weighted by Gasteiger charge is -2.27. The van der Waals surface area contributed by atoms with Gasteiger partial charge < -0.3 is 15.5 Å². The molecule has 0 radical (unpaired) electrons. The minimum absolute atomic E-state index is 0. The van der Waals surface area contributed by atoms with Crippen molar-refractivity contribution in [2.45, 2.75) is 25.7 Å². The van der Waals surface area contributed by atoms with Gasteiger partial charge in [-0.3, -0.25) is 9.59 Å². The first-order valence-electron chi connectivity index (χ1n) is 9.59. The van der Waals surface area contributed by atoms with Gasteiger partial charge >= 0.3 is 0 Å². The Morgan fingerprint density at radius 3 is 2.46 bits per heavy atom. The number of fused-ring (bicyclic) bond motifs is 1. The quantitative estimate of drug-likeness (QED) is 0.775. The van der Waals surface area contributed by atoms with Crippen LogP contribution in [-0.4, -0.2) is 42.9 Å². The Morgan fingerprint density at radius 2 is 1.71 bits per heavy atom. The van der Waals surface area contributed by atoms with E-state index in [1.54, 1.807) is 9.80 Å². The molecule has 0 saturated carbocycles. The number of hydrogen-bond donors (Lipinski definition) is 1. The molecule has 2 aromatic rings. The van der Waals surface area contributed by atoms with Crippen molar-refractivity contribution in [1.29, 1.82) is 0 Å². The number of nitrogens with two attached hydrogens (primary N) is 1. The maximum atomic E-state index is 13.0. The fourth-order valence-corrected chi connectivity index (χ4v) is 3.52. The molecule has 1 heterocycles. The number of anilines is 1. The standard InChI is InChI=1S/C22H27N3O2.ClH/c23-14-16-24(15-13-18-7-2-1-3-8-18)22(27)17-25-20-11-5-4-9-19(20)10-6-12-21(25)26;/h1-5,7-9,11H,6,10,12-17,23H2;1H. The van der Waals surface area contributed by atoms with Gasteiger partial charge in [0.1, 0.15) is 6.54 Å². The zero-order valence-electron chi connectivity index (χ0n) is 16.0. The van der Waals surface area contributed by atoms with E-state index in [0.29, 0.717) is 26.1 Å². The minimum atomic E-state index is -0.0542. The number of para-hydroxylation sites is 1. The van der Waals surface area contributed by atoms with Crippen LogP contribution in [0.5, 0.6) is 0 Å². The van der Waals surface area contributed by atoms with Crippen LogP contribution in [0.3, 0.4) is 0 Å². The van der Waals surface area contributed by atoms with E-state index in [9.17, 15) is 9.59 Å². The SMILES string of the molecule is Cl.NCCN(CCc1ccccc1)C(=O)CN1C(=O)CCCc2ccccc21. The highest BCUT2D eigenvalue weighted by Crippen LogP contribution is 2.26. The van der Waals surface area contributed by atoms with E-state index in [4.69, 9.17) is 5.73 Å². The Balaban J connectivity index is 0.00000280. The van der Waals surface area contributed by atoms with Gasteiger partial charge in [0.2, 0.25) is 11.8 Å². The van der Waals surface area contributed by atoms with Gasteiger partial charge in [-0.05, 0) is 36.5 Å². The molecule has 5 nitrogen and oxygen atoms in total. The summed E-state index contributed by atoms with van der Waals surface area (Å²) in [5, 5.41) is 0. The third kappa shape index (κ3) is 5.57. The molecule has 0 aliphatic carbocycles. The maximum Gasteiger partial charge on any atom is 0.242 e. The van der Waals surface area contributed by atoms with E-state index in [0.717, 1.165) is 30.5 Å². The molecule has 0 spiro atoms. The summed E-state index contributed by atoms with van der Waals surface area (Å²) in [4.78, 5) is 29.0. The van der Waals surface area contributed by atoms with E-state index in [-0.39, 0.29) is 30.8 Å². The number of benzene rings is 2. The van der Waals surface area contributed by atoms with Crippen LogP contribution in [0.1, 0.15) is 24.0 Å². The van der Waals surface area contributed by atoms with Crippen molar-refractivity contribution in [2.75, 3.05) is 31.1 Å². The van der Waals surface area contributed by atoms with Crippen LogP contribution in [0.2, 0.25) is 0 Å². The average Bonchev–Trinajstić information content (AvgIpc) is 2.85. The molecule has 0 aromatic heterocycles. The van der Waals surface area contributed by atoms with Gasteiger partial charge in [-0.1, -0.05) is 48.5 Å². The molecule has 0 saturated heterocycles. The molecule has 150 valence electrons. The van der Waals surface area contributed by atoms with Crippen LogP contribution >= 0.6 is 12.4 Å². The van der Waals surface area contributed by atoms with Crippen molar-refractivity contribution in [3.05, 3.63) is 65.7 Å². The van der Waals surface area contributed by atoms with Gasteiger partial charge in [-0.2, -0.15) is 0 Å². The average molecular weight is 402 g/mol. The number of nitrogens with zero attached hydrogens (tertiary/aromatic N) is 2. The van der Waals surface area contributed by atoms with E-state index < -0.39 is 0 Å². The van der Waals surface area contributed by atoms with E-state index in [1.807, 2.05) is 42.5 Å². The maximum absolute atomic E-state index is 13.0. The fourth-order valence-electron chi connectivity index (χ4n) is 3.52. The molecule has 1 aliphatic rings. The predicted octanol–water partition coefficient (Wildman–Crippen LogP) is 2.81. The van der Waals surface area contributed by atoms with Gasteiger partial charge in [0.15, 0.2) is 0 Å². The third-order valence-electron chi connectivity index (χ3n) is 4.98. The van der Waals surface area contributed by atoms with Gasteiger partial charge in [-0.15, -0.1) is 12.4 Å². The molecule has 1 aliphatic heterocycles. The lowest BCUT2D eigenvalue weighted by molar-refractivity contribution is -0.131. The zero-order valence-corrected chi connectivity index (χ0v) is 16.9. The first-order valence-corrected chi connectivity index (χ1v) is 9.59. The summed E-state index contributed by atoms with van der Waals surface area (Å²) in [5.74, 6) is -0.0366. The molecule has 0 atom stereocenters. The van der Waals surface area contributed by atoms with E-state index >= 15 is 0 Å². The first kappa shape index (κ1) is 21.9. The Hall–Kier alpha value is -2.37. The number of amides is 2. The monoisotopic (exact) mass is 401 g/mol. The summed E-state index contributed by atoms with van der Waals surface area (Å²) < 4.78 is 0. The normalized spacial score (nSPS) is 13.3. The van der Waals surface area contributed by atoms with Gasteiger partial charge in [-0.25, -0.2) is 0 Å². The number of rotatable bonds is 7. The summed E-state index contributed by atoms with van der Waals surface area (Å²) in [6.07, 6.45) is 2.94. The molecule has 0 bridgehead atoms. The van der Waals surface area contributed by atoms with E-state index in [1.165, 1.54) is 5.56 Å². The Morgan fingerprint density at radius 1 is 1.00 bits per heavy atom. The largest absolute Gasteiger partial charge is 0.340 e. The van der Waals surface area contributed by atoms with Crippen LogP contribution in [0.4, 0.5) is 5.69 Å². The smallest absolute Gasteiger partial charge is 0.242 e.